The Morgan fingerprint density at radius 3 is 1.97 bits per heavy atom. The maximum absolute atomic E-state index is 12.2. The smallest absolute Gasteiger partial charge is 0.307 e. The second-order valence-corrected chi connectivity index (χ2v) is 19.8. The van der Waals surface area contributed by atoms with Crippen molar-refractivity contribution in [1.82, 2.24) is 0 Å². The molecule has 0 aromatic heterocycles. The van der Waals surface area contributed by atoms with E-state index in [-0.39, 0.29) is 54.5 Å². The zero-order valence-corrected chi connectivity index (χ0v) is 35.0. The number of ether oxygens (including phenoxy) is 8. The summed E-state index contributed by atoms with van der Waals surface area (Å²) in [6.07, 6.45) is -1.97. The summed E-state index contributed by atoms with van der Waals surface area (Å²) in [6, 6.07) is 9.81. The van der Waals surface area contributed by atoms with Crippen molar-refractivity contribution in [3.05, 3.63) is 35.9 Å². The lowest BCUT2D eigenvalue weighted by Gasteiger charge is -2.64. The zero-order chi connectivity index (χ0) is 41.6. The zero-order valence-electron chi connectivity index (χ0n) is 35.0. The van der Waals surface area contributed by atoms with Crippen LogP contribution < -0.4 is 0 Å². The van der Waals surface area contributed by atoms with Crippen molar-refractivity contribution < 1.29 is 68.2 Å². The van der Waals surface area contributed by atoms with Gasteiger partial charge in [0.05, 0.1) is 60.4 Å². The van der Waals surface area contributed by atoms with Gasteiger partial charge in [0, 0.05) is 30.2 Å². The normalized spacial score (nSPS) is 53.5. The summed E-state index contributed by atoms with van der Waals surface area (Å²) in [7, 11) is 0. The van der Waals surface area contributed by atoms with E-state index in [1.165, 1.54) is 0 Å². The van der Waals surface area contributed by atoms with Gasteiger partial charge in [-0.15, -0.1) is 0 Å². The molecule has 4 aliphatic carbocycles. The van der Waals surface area contributed by atoms with E-state index in [0.29, 0.717) is 31.6 Å². The van der Waals surface area contributed by atoms with Crippen LogP contribution in [-0.2, 0) is 42.7 Å². The van der Waals surface area contributed by atoms with Crippen molar-refractivity contribution >= 4 is 5.97 Å². The van der Waals surface area contributed by atoms with Crippen LogP contribution in [0.3, 0.4) is 0 Å². The first-order chi connectivity index (χ1) is 28.1. The molecule has 9 rings (SSSR count). The van der Waals surface area contributed by atoms with Gasteiger partial charge in [0.1, 0.15) is 18.3 Å². The Balaban J connectivity index is 0.751. The molecular weight excluding hydrogens is 764 g/mol. The first-order valence-electron chi connectivity index (χ1n) is 22.4. The summed E-state index contributed by atoms with van der Waals surface area (Å²) < 4.78 is 50.4. The Labute approximate surface area is 347 Å². The lowest BCUT2D eigenvalue weighted by Crippen LogP contribution is -2.67. The molecule has 22 atom stereocenters. The van der Waals surface area contributed by atoms with Gasteiger partial charge in [-0.05, 0) is 95.3 Å². The van der Waals surface area contributed by atoms with E-state index in [0.717, 1.165) is 37.7 Å². The van der Waals surface area contributed by atoms with E-state index in [2.05, 4.69) is 6.92 Å². The van der Waals surface area contributed by atoms with Gasteiger partial charge in [0.15, 0.2) is 25.2 Å². The van der Waals surface area contributed by atoms with E-state index in [4.69, 9.17) is 37.9 Å². The van der Waals surface area contributed by atoms with Crippen LogP contribution in [-0.4, -0.2) is 123 Å². The monoisotopic (exact) mass is 830 g/mol. The minimum absolute atomic E-state index is 0.0434. The lowest BCUT2D eigenvalue weighted by atomic mass is 9.42. The fourth-order valence-corrected chi connectivity index (χ4v) is 13.4. The van der Waals surface area contributed by atoms with Crippen LogP contribution in [0.4, 0.5) is 0 Å². The molecule has 4 saturated carbocycles. The van der Waals surface area contributed by atoms with Crippen molar-refractivity contribution in [3.63, 3.8) is 0 Å². The predicted molar refractivity (Wildman–Crippen MR) is 208 cm³/mol. The highest BCUT2D eigenvalue weighted by molar-refractivity contribution is 5.72. The number of carboxylic acids is 1. The van der Waals surface area contributed by atoms with Crippen molar-refractivity contribution in [2.24, 2.45) is 34.5 Å². The van der Waals surface area contributed by atoms with Crippen LogP contribution in [0.5, 0.6) is 0 Å². The molecule has 14 nitrogen and oxygen atoms in total. The highest BCUT2D eigenvalue weighted by Crippen LogP contribution is 2.69. The summed E-state index contributed by atoms with van der Waals surface area (Å²) in [6.45, 7) is 9.73. The van der Waals surface area contributed by atoms with Gasteiger partial charge in [-0.25, -0.2) is 0 Å². The predicted octanol–water partition coefficient (Wildman–Crippen LogP) is 4.58. The van der Waals surface area contributed by atoms with E-state index < -0.39 is 90.8 Å². The molecule has 0 spiro atoms. The number of fused-ring (bicyclic) bond motifs is 6. The first-order valence-corrected chi connectivity index (χ1v) is 22.4. The SMILES string of the molecule is C[C@H]1OC(O[C@H]2[C@@H](O)CC(O[C@H]3[C@@H](O)CC(O[C@H]4CC[C@@]5(C)[C@H](CC[C@@H]6[C@@H]5C[C@@H](O)[C@]5(C)[C@@H](C(=O)O)CC[C@]65O)C4)O[C@@H]3C)O[C@@H]2C)C[C@@H]2OC(c3ccccc3)O[C@@H]21. The van der Waals surface area contributed by atoms with Crippen LogP contribution >= 0.6 is 0 Å². The second kappa shape index (κ2) is 16.1. The molecule has 0 radical (unpaired) electrons. The van der Waals surface area contributed by atoms with Crippen LogP contribution in [0.25, 0.3) is 0 Å². The summed E-state index contributed by atoms with van der Waals surface area (Å²) in [4.78, 5) is 12.2. The maximum Gasteiger partial charge on any atom is 0.307 e. The summed E-state index contributed by atoms with van der Waals surface area (Å²) in [5, 5.41) is 56.4. The third kappa shape index (κ3) is 7.32. The number of hydrogen-bond donors (Lipinski definition) is 5. The fraction of sp³-hybridized carbons (Fsp3) is 0.844. The van der Waals surface area contributed by atoms with Gasteiger partial charge < -0.3 is 63.4 Å². The van der Waals surface area contributed by atoms with Gasteiger partial charge in [-0.1, -0.05) is 44.2 Å². The third-order valence-electron chi connectivity index (χ3n) is 16.7. The average Bonchev–Trinajstić information content (AvgIpc) is 3.75. The molecular formula is C45H66O14. The largest absolute Gasteiger partial charge is 0.481 e. The van der Waals surface area contributed by atoms with Crippen molar-refractivity contribution in [2.75, 3.05) is 0 Å². The molecule has 8 aliphatic rings. The number of rotatable bonds is 8. The molecule has 4 unspecified atom stereocenters. The standard InChI is InChI=1S/C45H66O14/c1-22-38(57-36-20-32(47)39(23(2)53-36)58-37-21-33-40(24(3)54-37)59-42(56-33)25-9-7-6-8-10-25)31(46)19-35(52-22)55-27-13-15-43(4)26(17-27)11-12-28-30(43)18-34(48)44(5)29(41(49)50)14-16-45(28,44)51/h6-10,22-24,26-40,42,46-48,51H,11-21H2,1-5H3,(H,49,50)/t22-,23-,24-,26-,27+,28-,29-,30+,31+,32+,33+,34-,35?,36?,37?,38-,39-,40-,42?,43+,44+,45+/m1/s1. The average molecular weight is 831 g/mol. The van der Waals surface area contributed by atoms with Gasteiger partial charge in [0.2, 0.25) is 0 Å². The molecule has 1 aromatic carbocycles. The molecule has 4 aliphatic heterocycles. The molecule has 8 fully saturated rings. The number of hydrogen-bond acceptors (Lipinski definition) is 13. The number of carbonyl (C=O) groups is 1. The van der Waals surface area contributed by atoms with E-state index in [1.807, 2.05) is 51.1 Å². The van der Waals surface area contributed by atoms with Crippen LogP contribution in [0.2, 0.25) is 0 Å². The van der Waals surface area contributed by atoms with Crippen molar-refractivity contribution in [3.8, 4) is 0 Å². The minimum atomic E-state index is -1.20. The molecule has 5 N–H and O–H groups in total. The quantitative estimate of drug-likeness (QED) is 0.229. The Morgan fingerprint density at radius 1 is 0.695 bits per heavy atom. The number of carboxylic acid groups (broad SMARTS) is 1. The Hall–Kier alpha value is -1.79. The van der Waals surface area contributed by atoms with E-state index in [1.54, 1.807) is 6.92 Å². The minimum Gasteiger partial charge on any atom is -0.481 e. The van der Waals surface area contributed by atoms with E-state index in [9.17, 15) is 30.3 Å². The summed E-state index contributed by atoms with van der Waals surface area (Å²) in [5.41, 5.74) is -1.41. The number of aliphatic carboxylic acids is 1. The van der Waals surface area contributed by atoms with E-state index >= 15 is 0 Å². The lowest BCUT2D eigenvalue weighted by molar-refractivity contribution is -0.334. The molecule has 1 aromatic rings. The second-order valence-electron chi connectivity index (χ2n) is 19.8. The van der Waals surface area contributed by atoms with Crippen molar-refractivity contribution in [2.45, 2.75) is 203 Å². The molecule has 59 heavy (non-hydrogen) atoms. The Kier molecular flexibility index (Phi) is 11.6. The van der Waals surface area contributed by atoms with Crippen LogP contribution in [0.15, 0.2) is 30.3 Å². The number of aliphatic hydroxyl groups excluding tert-OH is 3. The highest BCUT2D eigenvalue weighted by atomic mass is 16.8. The summed E-state index contributed by atoms with van der Waals surface area (Å²) >= 11 is 0. The van der Waals surface area contributed by atoms with Crippen molar-refractivity contribution in [1.29, 1.82) is 0 Å². The van der Waals surface area contributed by atoms with Gasteiger partial charge in [-0.3, -0.25) is 4.79 Å². The fourth-order valence-electron chi connectivity index (χ4n) is 13.4. The highest BCUT2D eigenvalue weighted by Gasteiger charge is 2.71. The molecule has 4 heterocycles. The summed E-state index contributed by atoms with van der Waals surface area (Å²) in [5.74, 6) is -1.29. The molecule has 0 amide bonds. The molecule has 4 saturated heterocycles. The molecule has 330 valence electrons. The molecule has 14 heteroatoms. The van der Waals surface area contributed by atoms with Gasteiger partial charge in [0.25, 0.3) is 0 Å². The van der Waals surface area contributed by atoms with Crippen LogP contribution in [0, 0.1) is 34.5 Å². The third-order valence-corrected chi connectivity index (χ3v) is 16.7. The first kappa shape index (κ1) is 42.5. The number of aliphatic hydroxyl groups is 4. The Bertz CT molecular complexity index is 1630. The van der Waals surface area contributed by atoms with Crippen LogP contribution in [0.1, 0.15) is 117 Å². The molecule has 0 bridgehead atoms. The Morgan fingerprint density at radius 2 is 1.32 bits per heavy atom. The van der Waals surface area contributed by atoms with Gasteiger partial charge >= 0.3 is 5.97 Å². The maximum atomic E-state index is 12.2. The topological polar surface area (TPSA) is 192 Å². The van der Waals surface area contributed by atoms with Gasteiger partial charge in [-0.2, -0.15) is 0 Å². The number of benzene rings is 1.